The van der Waals surface area contributed by atoms with Crippen LogP contribution in [0.15, 0.2) is 45.4 Å². The predicted molar refractivity (Wildman–Crippen MR) is 150 cm³/mol. The molecule has 1 aliphatic heterocycles. The molecule has 0 bridgehead atoms. The maximum absolute atomic E-state index is 13.5. The molecule has 0 radical (unpaired) electrons. The first-order valence-corrected chi connectivity index (χ1v) is 13.1. The van der Waals surface area contributed by atoms with Crippen LogP contribution in [0.4, 0.5) is 4.39 Å². The van der Waals surface area contributed by atoms with Gasteiger partial charge in [-0.25, -0.2) is 4.39 Å². The van der Waals surface area contributed by atoms with Gasteiger partial charge >= 0.3 is 11.8 Å². The summed E-state index contributed by atoms with van der Waals surface area (Å²) < 4.78 is 25.8. The number of hydrogen-bond acceptors (Lipinski definition) is 11. The predicted octanol–water partition coefficient (Wildman–Crippen LogP) is 1.19. The average molecular weight is 594 g/mol. The van der Waals surface area contributed by atoms with Gasteiger partial charge in [-0.15, -0.1) is 10.2 Å². The standard InChI is InChI=1S/C28H28FN7O7/c1-13-34-35-26(42-13)25(40)33-28(2,3)12-32-23(38)17-11-36-20-19(21(37)18(27(36)41)24(39)30-4)31-10-15(22(20)43-17)9-14-5-7-16(29)8-6-14/h5-8,10-11,23,32,37-38H,9,12H2,1-4H3,(H,30,39)(H,33,40). The lowest BCUT2D eigenvalue weighted by Gasteiger charge is -2.29. The van der Waals surface area contributed by atoms with Crippen molar-refractivity contribution >= 4 is 29.0 Å². The third-order valence-electron chi connectivity index (χ3n) is 6.63. The lowest BCUT2D eigenvalue weighted by atomic mass is 10.0. The minimum absolute atomic E-state index is 0.0166. The number of ether oxygens (including phenoxy) is 1. The van der Waals surface area contributed by atoms with Crippen LogP contribution in [0.1, 0.15) is 51.9 Å². The minimum Gasteiger partial charge on any atom is -0.505 e. The van der Waals surface area contributed by atoms with E-state index in [9.17, 15) is 29.0 Å². The lowest BCUT2D eigenvalue weighted by Crippen LogP contribution is -2.53. The van der Waals surface area contributed by atoms with Gasteiger partial charge in [-0.2, -0.15) is 0 Å². The number of amides is 2. The van der Waals surface area contributed by atoms with Gasteiger partial charge in [0, 0.05) is 44.2 Å². The zero-order valence-corrected chi connectivity index (χ0v) is 23.6. The Balaban J connectivity index is 1.49. The number of aliphatic hydroxyl groups excluding tert-OH is 1. The van der Waals surface area contributed by atoms with Gasteiger partial charge in [-0.05, 0) is 31.5 Å². The van der Waals surface area contributed by atoms with Crippen molar-refractivity contribution in [3.8, 4) is 11.5 Å². The quantitative estimate of drug-likeness (QED) is 0.175. The van der Waals surface area contributed by atoms with Crippen LogP contribution < -0.4 is 26.2 Å². The Morgan fingerprint density at radius 3 is 2.53 bits per heavy atom. The van der Waals surface area contributed by atoms with E-state index in [4.69, 9.17) is 9.15 Å². The topological polar surface area (TPSA) is 194 Å². The molecule has 43 heavy (non-hydrogen) atoms. The number of pyridine rings is 2. The number of nitrogens with one attached hydrogen (secondary N) is 3. The van der Waals surface area contributed by atoms with Crippen molar-refractivity contribution in [1.29, 1.82) is 0 Å². The van der Waals surface area contributed by atoms with Crippen LogP contribution in [-0.2, 0) is 6.42 Å². The van der Waals surface area contributed by atoms with Crippen molar-refractivity contribution in [1.82, 2.24) is 35.7 Å². The van der Waals surface area contributed by atoms with Gasteiger partial charge < -0.3 is 30.0 Å². The van der Waals surface area contributed by atoms with E-state index < -0.39 is 46.3 Å². The summed E-state index contributed by atoms with van der Waals surface area (Å²) >= 11 is 0. The number of aliphatic hydroxyl groups is 1. The molecule has 2 amide bonds. The van der Waals surface area contributed by atoms with Crippen molar-refractivity contribution in [3.05, 3.63) is 80.9 Å². The van der Waals surface area contributed by atoms with Gasteiger partial charge in [-0.3, -0.25) is 29.3 Å². The molecule has 14 nitrogen and oxygen atoms in total. The van der Waals surface area contributed by atoms with Crippen LogP contribution in [0.25, 0.3) is 17.2 Å². The molecule has 0 saturated carbocycles. The smallest absolute Gasteiger partial charge is 0.309 e. The molecule has 1 aliphatic rings. The highest BCUT2D eigenvalue weighted by Crippen LogP contribution is 2.38. The van der Waals surface area contributed by atoms with E-state index in [1.165, 1.54) is 31.6 Å². The molecule has 5 N–H and O–H groups in total. The summed E-state index contributed by atoms with van der Waals surface area (Å²) in [7, 11) is 1.31. The summed E-state index contributed by atoms with van der Waals surface area (Å²) in [5, 5.41) is 37.2. The Kier molecular flexibility index (Phi) is 7.69. The second kappa shape index (κ2) is 11.3. The Morgan fingerprint density at radius 2 is 1.88 bits per heavy atom. The van der Waals surface area contributed by atoms with Gasteiger partial charge in [0.15, 0.2) is 23.5 Å². The first-order chi connectivity index (χ1) is 20.4. The third-order valence-corrected chi connectivity index (χ3v) is 6.63. The number of hydrogen-bond donors (Lipinski definition) is 5. The highest BCUT2D eigenvalue weighted by Gasteiger charge is 2.31. The monoisotopic (exact) mass is 593 g/mol. The maximum Gasteiger partial charge on any atom is 0.309 e. The van der Waals surface area contributed by atoms with Crippen molar-refractivity contribution in [3.63, 3.8) is 0 Å². The second-order valence-electron chi connectivity index (χ2n) is 10.5. The summed E-state index contributed by atoms with van der Waals surface area (Å²) in [6.45, 7) is 4.95. The van der Waals surface area contributed by atoms with E-state index in [0.29, 0.717) is 11.1 Å². The van der Waals surface area contributed by atoms with Gasteiger partial charge in [0.1, 0.15) is 22.4 Å². The molecule has 1 atom stereocenters. The van der Waals surface area contributed by atoms with Gasteiger partial charge in [0.25, 0.3) is 11.5 Å². The molecule has 3 aromatic heterocycles. The zero-order chi connectivity index (χ0) is 31.1. The number of carbonyl (C=O) groups is 2. The number of aryl methyl sites for hydroxylation is 1. The zero-order valence-electron chi connectivity index (χ0n) is 23.6. The first kappa shape index (κ1) is 29.3. The van der Waals surface area contributed by atoms with E-state index in [2.05, 4.69) is 31.1 Å². The van der Waals surface area contributed by atoms with Crippen molar-refractivity contribution in [2.24, 2.45) is 0 Å². The van der Waals surface area contributed by atoms with E-state index in [1.807, 2.05) is 0 Å². The Hall–Kier alpha value is -5.15. The molecule has 1 aromatic carbocycles. The third kappa shape index (κ3) is 5.80. The van der Waals surface area contributed by atoms with E-state index in [0.717, 1.165) is 4.57 Å². The van der Waals surface area contributed by atoms with E-state index in [-0.39, 0.29) is 47.3 Å². The summed E-state index contributed by atoms with van der Waals surface area (Å²) in [5.41, 5.74) is -1.19. The molecule has 15 heteroatoms. The number of benzene rings is 1. The highest BCUT2D eigenvalue weighted by atomic mass is 19.1. The Bertz CT molecular complexity index is 1830. The molecule has 5 rings (SSSR count). The van der Waals surface area contributed by atoms with Crippen molar-refractivity contribution < 1.29 is 33.3 Å². The molecule has 0 aliphatic carbocycles. The van der Waals surface area contributed by atoms with Crippen LogP contribution in [-0.4, -0.2) is 67.1 Å². The largest absolute Gasteiger partial charge is 0.505 e. The SMILES string of the molecule is CNC(=O)c1c(O)c2ncc(Cc3ccc(F)cc3)c3c2n(c1=O)C=C(C(O)NCC(C)(C)NC(=O)c1nnc(C)o1)O3. The normalized spacial score (nSPS) is 13.3. The number of carbonyl (C=O) groups excluding carboxylic acids is 2. The Morgan fingerprint density at radius 1 is 1.16 bits per heavy atom. The molecule has 4 heterocycles. The van der Waals surface area contributed by atoms with E-state index >= 15 is 0 Å². The Labute approximate surface area is 243 Å². The summed E-state index contributed by atoms with van der Waals surface area (Å²) in [6, 6.07) is 5.75. The highest BCUT2D eigenvalue weighted by molar-refractivity contribution is 6.03. The van der Waals surface area contributed by atoms with Crippen LogP contribution in [0, 0.1) is 12.7 Å². The number of rotatable bonds is 9. The van der Waals surface area contributed by atoms with Gasteiger partial charge in [0.05, 0.1) is 6.20 Å². The fourth-order valence-electron chi connectivity index (χ4n) is 4.52. The first-order valence-electron chi connectivity index (χ1n) is 13.1. The average Bonchev–Trinajstić information content (AvgIpc) is 3.42. The summed E-state index contributed by atoms with van der Waals surface area (Å²) in [6.07, 6.45) is 1.30. The van der Waals surface area contributed by atoms with E-state index in [1.54, 1.807) is 32.9 Å². The molecule has 224 valence electrons. The van der Waals surface area contributed by atoms with Gasteiger partial charge in [0.2, 0.25) is 5.89 Å². The van der Waals surface area contributed by atoms with Crippen LogP contribution in [0.5, 0.6) is 11.5 Å². The van der Waals surface area contributed by atoms with Crippen molar-refractivity contribution in [2.45, 2.75) is 39.0 Å². The number of nitrogens with zero attached hydrogens (tertiary/aromatic N) is 4. The summed E-state index contributed by atoms with van der Waals surface area (Å²) in [5.74, 6) is -2.49. The van der Waals surface area contributed by atoms with Crippen molar-refractivity contribution in [2.75, 3.05) is 13.6 Å². The number of halogens is 1. The number of aromatic nitrogens is 4. The molecule has 0 saturated heterocycles. The van der Waals surface area contributed by atoms with Crippen LogP contribution in [0.2, 0.25) is 0 Å². The molecule has 1 unspecified atom stereocenters. The molecule has 0 spiro atoms. The second-order valence-corrected chi connectivity index (χ2v) is 10.5. The number of aromatic hydroxyl groups is 1. The minimum atomic E-state index is -1.50. The van der Waals surface area contributed by atoms with Gasteiger partial charge in [-0.1, -0.05) is 12.1 Å². The maximum atomic E-state index is 13.5. The van der Waals surface area contributed by atoms with Crippen LogP contribution >= 0.6 is 0 Å². The fourth-order valence-corrected chi connectivity index (χ4v) is 4.52. The molecule has 4 aromatic rings. The molecule has 0 fully saturated rings. The summed E-state index contributed by atoms with van der Waals surface area (Å²) in [4.78, 5) is 42.8. The lowest BCUT2D eigenvalue weighted by molar-refractivity contribution is 0.0847. The van der Waals surface area contributed by atoms with Crippen LogP contribution in [0.3, 0.4) is 0 Å². The molecular weight excluding hydrogens is 565 g/mol. The molecular formula is C28H28FN7O7. The fraction of sp³-hybridized carbons (Fsp3) is 0.286.